The molecule has 1 aromatic heterocycles. The Bertz CT molecular complexity index is 468. The number of carbonyl (C=O) groups is 2. The Morgan fingerprint density at radius 2 is 2.20 bits per heavy atom. The molecular weight excluding hydrogens is 326 g/mol. The summed E-state index contributed by atoms with van der Waals surface area (Å²) < 4.78 is 5.63. The number of amides is 2. The second kappa shape index (κ2) is 8.52. The van der Waals surface area contributed by atoms with Gasteiger partial charge in [0, 0.05) is 7.05 Å². The number of nitrogens with one attached hydrogen (secondary N) is 1. The number of likely N-dealkylation sites (N-methyl/N-ethyl adjacent to an activating group) is 1. The summed E-state index contributed by atoms with van der Waals surface area (Å²) in [4.78, 5) is 28.6. The molecule has 6 nitrogen and oxygen atoms in total. The van der Waals surface area contributed by atoms with Crippen molar-refractivity contribution < 1.29 is 14.3 Å². The van der Waals surface area contributed by atoms with Gasteiger partial charge in [0.25, 0.3) is 0 Å². The van der Waals surface area contributed by atoms with Gasteiger partial charge in [-0.2, -0.15) is 0 Å². The maximum absolute atomic E-state index is 11.8. The molecule has 0 saturated carbocycles. The lowest BCUT2D eigenvalue weighted by molar-refractivity contribution is -0.116. The normalized spacial score (nSPS) is 9.95. The van der Waals surface area contributed by atoms with Gasteiger partial charge in [-0.15, -0.1) is 0 Å². The van der Waals surface area contributed by atoms with Crippen molar-refractivity contribution in [2.75, 3.05) is 25.5 Å². The SMILES string of the molecule is CCCCOC(=O)N(C)CC(=O)Nc1cccc(Br)n1. The number of hydrogen-bond donors (Lipinski definition) is 1. The Balaban J connectivity index is 2.39. The largest absolute Gasteiger partial charge is 0.449 e. The van der Waals surface area contributed by atoms with Crippen LogP contribution < -0.4 is 5.32 Å². The molecular formula is C13H18BrN3O3. The van der Waals surface area contributed by atoms with Gasteiger partial charge in [-0.25, -0.2) is 9.78 Å². The van der Waals surface area contributed by atoms with Crippen LogP contribution in [0.5, 0.6) is 0 Å². The number of rotatable bonds is 6. The fourth-order valence-electron chi connectivity index (χ4n) is 1.35. The minimum Gasteiger partial charge on any atom is -0.449 e. The van der Waals surface area contributed by atoms with E-state index in [1.54, 1.807) is 18.2 Å². The van der Waals surface area contributed by atoms with Crippen LogP contribution in [0.25, 0.3) is 0 Å². The number of carbonyl (C=O) groups excluding carboxylic acids is 2. The molecule has 0 spiro atoms. The third-order valence-electron chi connectivity index (χ3n) is 2.40. The molecule has 0 aliphatic heterocycles. The van der Waals surface area contributed by atoms with Gasteiger partial charge in [-0.05, 0) is 34.5 Å². The van der Waals surface area contributed by atoms with Crippen molar-refractivity contribution in [2.45, 2.75) is 19.8 Å². The van der Waals surface area contributed by atoms with Crippen molar-refractivity contribution in [3.63, 3.8) is 0 Å². The van der Waals surface area contributed by atoms with Gasteiger partial charge in [0.2, 0.25) is 5.91 Å². The molecule has 110 valence electrons. The van der Waals surface area contributed by atoms with E-state index in [-0.39, 0.29) is 12.5 Å². The summed E-state index contributed by atoms with van der Waals surface area (Å²) >= 11 is 3.21. The molecule has 0 unspecified atom stereocenters. The van der Waals surface area contributed by atoms with Crippen LogP contribution in [0.2, 0.25) is 0 Å². The van der Waals surface area contributed by atoms with E-state index < -0.39 is 6.09 Å². The molecule has 0 fully saturated rings. The van der Waals surface area contributed by atoms with E-state index in [9.17, 15) is 9.59 Å². The van der Waals surface area contributed by atoms with Crippen molar-refractivity contribution >= 4 is 33.7 Å². The molecule has 0 aliphatic carbocycles. The van der Waals surface area contributed by atoms with Gasteiger partial charge in [0.1, 0.15) is 17.0 Å². The van der Waals surface area contributed by atoms with E-state index in [0.717, 1.165) is 12.8 Å². The molecule has 0 aliphatic rings. The lowest BCUT2D eigenvalue weighted by atomic mass is 10.4. The van der Waals surface area contributed by atoms with E-state index >= 15 is 0 Å². The zero-order valence-electron chi connectivity index (χ0n) is 11.6. The number of unbranched alkanes of at least 4 members (excludes halogenated alkanes) is 1. The predicted octanol–water partition coefficient (Wildman–Crippen LogP) is 2.65. The minimum absolute atomic E-state index is 0.0842. The minimum atomic E-state index is -0.504. The highest BCUT2D eigenvalue weighted by Crippen LogP contribution is 2.09. The molecule has 1 rings (SSSR count). The highest BCUT2D eigenvalue weighted by Gasteiger charge is 2.14. The lowest BCUT2D eigenvalue weighted by Gasteiger charge is -2.16. The summed E-state index contributed by atoms with van der Waals surface area (Å²) in [5.41, 5.74) is 0. The summed E-state index contributed by atoms with van der Waals surface area (Å²) in [6.07, 6.45) is 1.26. The molecule has 7 heteroatoms. The summed E-state index contributed by atoms with van der Waals surface area (Å²) in [6.45, 7) is 2.30. The maximum atomic E-state index is 11.8. The zero-order chi connectivity index (χ0) is 15.0. The monoisotopic (exact) mass is 343 g/mol. The molecule has 2 amide bonds. The van der Waals surface area contributed by atoms with E-state index in [1.165, 1.54) is 11.9 Å². The molecule has 20 heavy (non-hydrogen) atoms. The number of anilines is 1. The summed E-state index contributed by atoms with van der Waals surface area (Å²) in [6, 6.07) is 5.19. The Labute approximate surface area is 126 Å². The second-order valence-electron chi connectivity index (χ2n) is 4.22. The van der Waals surface area contributed by atoms with Crippen LogP contribution >= 0.6 is 15.9 Å². The number of aromatic nitrogens is 1. The fourth-order valence-corrected chi connectivity index (χ4v) is 1.70. The lowest BCUT2D eigenvalue weighted by Crippen LogP contribution is -2.35. The molecule has 0 bridgehead atoms. The van der Waals surface area contributed by atoms with Crippen LogP contribution in [-0.2, 0) is 9.53 Å². The third kappa shape index (κ3) is 6.01. The Morgan fingerprint density at radius 1 is 1.45 bits per heavy atom. The fraction of sp³-hybridized carbons (Fsp3) is 0.462. The standard InChI is InChI=1S/C13H18BrN3O3/c1-3-4-8-20-13(19)17(2)9-12(18)16-11-7-5-6-10(14)15-11/h5-7H,3-4,8-9H2,1-2H3,(H,15,16,18). The summed E-state index contributed by atoms with van der Waals surface area (Å²) in [5.74, 6) is 0.0997. The number of pyridine rings is 1. The first-order valence-electron chi connectivity index (χ1n) is 6.33. The topological polar surface area (TPSA) is 71.5 Å². The Kier molecular flexibility index (Phi) is 7.00. The van der Waals surface area contributed by atoms with Gasteiger partial charge in [0.05, 0.1) is 6.61 Å². The average Bonchev–Trinajstić information content (AvgIpc) is 2.38. The summed E-state index contributed by atoms with van der Waals surface area (Å²) in [7, 11) is 1.52. The smallest absolute Gasteiger partial charge is 0.409 e. The van der Waals surface area contributed by atoms with Crippen LogP contribution in [0.3, 0.4) is 0 Å². The zero-order valence-corrected chi connectivity index (χ0v) is 13.1. The first kappa shape index (κ1) is 16.4. The van der Waals surface area contributed by atoms with Gasteiger partial charge in [-0.3, -0.25) is 4.79 Å². The van der Waals surface area contributed by atoms with Gasteiger partial charge in [0.15, 0.2) is 0 Å². The molecule has 1 N–H and O–H groups in total. The molecule has 0 aromatic carbocycles. The van der Waals surface area contributed by atoms with Crippen molar-refractivity contribution in [1.82, 2.24) is 9.88 Å². The average molecular weight is 344 g/mol. The van der Waals surface area contributed by atoms with Crippen molar-refractivity contribution in [3.05, 3.63) is 22.8 Å². The number of nitrogens with zero attached hydrogens (tertiary/aromatic N) is 2. The van der Waals surface area contributed by atoms with Gasteiger partial charge in [-0.1, -0.05) is 19.4 Å². The van der Waals surface area contributed by atoms with Crippen molar-refractivity contribution in [1.29, 1.82) is 0 Å². The molecule has 0 radical (unpaired) electrons. The van der Waals surface area contributed by atoms with Crippen LogP contribution in [0.4, 0.5) is 10.6 Å². The first-order chi connectivity index (χ1) is 9.52. The molecule has 0 atom stereocenters. The van der Waals surface area contributed by atoms with Gasteiger partial charge >= 0.3 is 6.09 Å². The van der Waals surface area contributed by atoms with Crippen LogP contribution in [0, 0.1) is 0 Å². The molecule has 0 saturated heterocycles. The highest BCUT2D eigenvalue weighted by atomic mass is 79.9. The van der Waals surface area contributed by atoms with E-state index in [1.807, 2.05) is 6.92 Å². The van der Waals surface area contributed by atoms with E-state index in [0.29, 0.717) is 17.0 Å². The number of hydrogen-bond acceptors (Lipinski definition) is 4. The number of halogens is 1. The highest BCUT2D eigenvalue weighted by molar-refractivity contribution is 9.10. The van der Waals surface area contributed by atoms with E-state index in [2.05, 4.69) is 26.2 Å². The Morgan fingerprint density at radius 3 is 2.85 bits per heavy atom. The van der Waals surface area contributed by atoms with Crippen molar-refractivity contribution in [3.8, 4) is 0 Å². The Hall–Kier alpha value is -1.63. The molecule has 1 aromatic rings. The maximum Gasteiger partial charge on any atom is 0.409 e. The predicted molar refractivity (Wildman–Crippen MR) is 79.5 cm³/mol. The number of ether oxygens (including phenoxy) is 1. The molecule has 1 heterocycles. The van der Waals surface area contributed by atoms with Crippen LogP contribution in [0.1, 0.15) is 19.8 Å². The van der Waals surface area contributed by atoms with Crippen LogP contribution in [-0.4, -0.2) is 42.1 Å². The summed E-state index contributed by atoms with van der Waals surface area (Å²) in [5, 5.41) is 2.61. The van der Waals surface area contributed by atoms with Gasteiger partial charge < -0.3 is 15.0 Å². The first-order valence-corrected chi connectivity index (χ1v) is 7.12. The quantitative estimate of drug-likeness (QED) is 0.636. The second-order valence-corrected chi connectivity index (χ2v) is 5.03. The van der Waals surface area contributed by atoms with Crippen LogP contribution in [0.15, 0.2) is 22.8 Å². The van der Waals surface area contributed by atoms with E-state index in [4.69, 9.17) is 4.74 Å². The third-order valence-corrected chi connectivity index (χ3v) is 2.84. The van der Waals surface area contributed by atoms with Crippen molar-refractivity contribution in [2.24, 2.45) is 0 Å².